The van der Waals surface area contributed by atoms with E-state index in [1.807, 2.05) is 18.7 Å². The van der Waals surface area contributed by atoms with Gasteiger partial charge >= 0.3 is 0 Å². The fourth-order valence-corrected chi connectivity index (χ4v) is 3.15. The van der Waals surface area contributed by atoms with E-state index in [4.69, 9.17) is 0 Å². The van der Waals surface area contributed by atoms with Crippen LogP contribution in [0.25, 0.3) is 0 Å². The van der Waals surface area contributed by atoms with Crippen LogP contribution < -0.4 is 5.32 Å². The number of hydrogen-bond acceptors (Lipinski definition) is 5. The van der Waals surface area contributed by atoms with Gasteiger partial charge in [-0.25, -0.2) is 8.42 Å². The first kappa shape index (κ1) is 14.9. The summed E-state index contributed by atoms with van der Waals surface area (Å²) >= 11 is 0. The topological polar surface area (TPSA) is 69.6 Å². The van der Waals surface area contributed by atoms with Gasteiger partial charge in [0.05, 0.1) is 17.1 Å². The third-order valence-corrected chi connectivity index (χ3v) is 4.50. The minimum absolute atomic E-state index is 0.209. The Bertz CT molecular complexity index is 325. The molecule has 1 fully saturated rings. The highest BCUT2D eigenvalue weighted by molar-refractivity contribution is 7.91. The molecule has 102 valence electrons. The summed E-state index contributed by atoms with van der Waals surface area (Å²) < 4.78 is 22.6. The molecule has 2 N–H and O–H groups in total. The van der Waals surface area contributed by atoms with Crippen LogP contribution in [-0.2, 0) is 9.84 Å². The van der Waals surface area contributed by atoms with Crippen molar-refractivity contribution in [1.82, 2.24) is 10.2 Å². The zero-order valence-corrected chi connectivity index (χ0v) is 11.8. The minimum Gasteiger partial charge on any atom is -0.388 e. The average molecular weight is 264 g/mol. The summed E-state index contributed by atoms with van der Waals surface area (Å²) in [4.78, 5) is 2.02. The fourth-order valence-electron chi connectivity index (χ4n) is 1.87. The Kier molecular flexibility index (Phi) is 4.95. The van der Waals surface area contributed by atoms with E-state index >= 15 is 0 Å². The average Bonchev–Trinajstić information content (AvgIpc) is 2.19. The molecule has 1 atom stereocenters. The van der Waals surface area contributed by atoms with E-state index in [1.165, 1.54) is 0 Å². The number of hydrogen-bond donors (Lipinski definition) is 2. The second-order valence-electron chi connectivity index (χ2n) is 5.46. The van der Waals surface area contributed by atoms with E-state index in [0.29, 0.717) is 32.2 Å². The lowest BCUT2D eigenvalue weighted by Gasteiger charge is -2.34. The Labute approximate surface area is 104 Å². The molecule has 0 aromatic heterocycles. The molecular formula is C11H24N2O3S. The Hall–Kier alpha value is -0.170. The van der Waals surface area contributed by atoms with Gasteiger partial charge in [0.1, 0.15) is 0 Å². The molecule has 0 amide bonds. The SMILES string of the molecule is CC(C)NCC(C)(O)CN1CCS(=O)(=O)CC1. The summed E-state index contributed by atoms with van der Waals surface area (Å²) in [6, 6.07) is 0.336. The molecule has 0 aromatic carbocycles. The van der Waals surface area contributed by atoms with E-state index in [-0.39, 0.29) is 11.5 Å². The highest BCUT2D eigenvalue weighted by Crippen LogP contribution is 2.10. The van der Waals surface area contributed by atoms with Gasteiger partial charge in [-0.1, -0.05) is 13.8 Å². The van der Waals surface area contributed by atoms with Crippen molar-refractivity contribution < 1.29 is 13.5 Å². The van der Waals surface area contributed by atoms with Gasteiger partial charge in [0.25, 0.3) is 0 Å². The normalized spacial score (nSPS) is 24.8. The van der Waals surface area contributed by atoms with Gasteiger partial charge in [-0.15, -0.1) is 0 Å². The molecule has 1 aliphatic heterocycles. The Morgan fingerprint density at radius 3 is 2.35 bits per heavy atom. The maximum atomic E-state index is 11.3. The molecule has 1 saturated heterocycles. The number of aliphatic hydroxyl groups is 1. The van der Waals surface area contributed by atoms with Gasteiger partial charge in [-0.3, -0.25) is 4.90 Å². The first-order valence-corrected chi connectivity index (χ1v) is 7.91. The molecule has 0 aliphatic carbocycles. The standard InChI is InChI=1S/C11H24N2O3S/c1-10(2)12-8-11(3,14)9-13-4-6-17(15,16)7-5-13/h10,12,14H,4-9H2,1-3H3. The smallest absolute Gasteiger partial charge is 0.152 e. The maximum absolute atomic E-state index is 11.3. The number of rotatable bonds is 5. The van der Waals surface area contributed by atoms with Crippen LogP contribution in [0.15, 0.2) is 0 Å². The molecular weight excluding hydrogens is 240 g/mol. The Morgan fingerprint density at radius 2 is 1.88 bits per heavy atom. The van der Waals surface area contributed by atoms with Crippen molar-refractivity contribution in [3.8, 4) is 0 Å². The molecule has 6 heteroatoms. The van der Waals surface area contributed by atoms with Crippen LogP contribution in [-0.4, -0.2) is 67.8 Å². The minimum atomic E-state index is -2.84. The zero-order chi connectivity index (χ0) is 13.1. The van der Waals surface area contributed by atoms with Gasteiger partial charge < -0.3 is 10.4 Å². The summed E-state index contributed by atoms with van der Waals surface area (Å²) in [5.41, 5.74) is -0.814. The summed E-state index contributed by atoms with van der Waals surface area (Å²) in [5.74, 6) is 0.418. The summed E-state index contributed by atoms with van der Waals surface area (Å²) in [5, 5.41) is 13.4. The van der Waals surface area contributed by atoms with E-state index in [2.05, 4.69) is 5.32 Å². The molecule has 1 rings (SSSR count). The van der Waals surface area contributed by atoms with Crippen LogP contribution in [0.5, 0.6) is 0 Å². The molecule has 0 spiro atoms. The second kappa shape index (κ2) is 5.65. The van der Waals surface area contributed by atoms with Crippen molar-refractivity contribution >= 4 is 9.84 Å². The first-order chi connectivity index (χ1) is 7.70. The van der Waals surface area contributed by atoms with E-state index in [0.717, 1.165) is 0 Å². The lowest BCUT2D eigenvalue weighted by molar-refractivity contribution is 0.0210. The maximum Gasteiger partial charge on any atom is 0.152 e. The van der Waals surface area contributed by atoms with Crippen molar-refractivity contribution in [1.29, 1.82) is 0 Å². The van der Waals surface area contributed by atoms with Crippen LogP contribution in [0.1, 0.15) is 20.8 Å². The zero-order valence-electron chi connectivity index (χ0n) is 10.9. The lowest BCUT2D eigenvalue weighted by Crippen LogP contribution is -2.52. The molecule has 0 saturated carbocycles. The van der Waals surface area contributed by atoms with Gasteiger partial charge in [-0.05, 0) is 6.92 Å². The summed E-state index contributed by atoms with van der Waals surface area (Å²) in [6.07, 6.45) is 0. The van der Waals surface area contributed by atoms with E-state index in [9.17, 15) is 13.5 Å². The second-order valence-corrected chi connectivity index (χ2v) is 7.76. The molecule has 5 nitrogen and oxygen atoms in total. The molecule has 0 radical (unpaired) electrons. The lowest BCUT2D eigenvalue weighted by atomic mass is 10.1. The van der Waals surface area contributed by atoms with Crippen LogP contribution in [0, 0.1) is 0 Å². The molecule has 1 heterocycles. The third kappa shape index (κ3) is 5.81. The van der Waals surface area contributed by atoms with Crippen molar-refractivity contribution in [2.75, 3.05) is 37.7 Å². The number of sulfone groups is 1. The van der Waals surface area contributed by atoms with Crippen LogP contribution >= 0.6 is 0 Å². The van der Waals surface area contributed by atoms with Crippen molar-refractivity contribution in [3.63, 3.8) is 0 Å². The van der Waals surface area contributed by atoms with Crippen LogP contribution in [0.4, 0.5) is 0 Å². The van der Waals surface area contributed by atoms with Gasteiger partial charge in [0, 0.05) is 32.2 Å². The predicted octanol–water partition coefficient (Wildman–Crippen LogP) is -0.534. The molecule has 17 heavy (non-hydrogen) atoms. The molecule has 0 aromatic rings. The number of nitrogens with one attached hydrogen (secondary N) is 1. The number of β-amino-alcohol motifs (C(OH)–C–C–N with tert-alkyl or cyclic N) is 1. The van der Waals surface area contributed by atoms with E-state index in [1.54, 1.807) is 6.92 Å². The highest BCUT2D eigenvalue weighted by atomic mass is 32.2. The van der Waals surface area contributed by atoms with Gasteiger partial charge in [-0.2, -0.15) is 0 Å². The van der Waals surface area contributed by atoms with Gasteiger partial charge in [0.15, 0.2) is 9.84 Å². The monoisotopic (exact) mass is 264 g/mol. The summed E-state index contributed by atoms with van der Waals surface area (Å²) in [6.45, 7) is 7.94. The number of nitrogens with zero attached hydrogens (tertiary/aromatic N) is 1. The van der Waals surface area contributed by atoms with Crippen molar-refractivity contribution in [2.45, 2.75) is 32.4 Å². The highest BCUT2D eigenvalue weighted by Gasteiger charge is 2.28. The van der Waals surface area contributed by atoms with E-state index < -0.39 is 15.4 Å². The van der Waals surface area contributed by atoms with Gasteiger partial charge in [0.2, 0.25) is 0 Å². The summed E-state index contributed by atoms with van der Waals surface area (Å²) in [7, 11) is -2.84. The van der Waals surface area contributed by atoms with Crippen molar-refractivity contribution in [3.05, 3.63) is 0 Å². The third-order valence-electron chi connectivity index (χ3n) is 2.89. The first-order valence-electron chi connectivity index (χ1n) is 6.09. The van der Waals surface area contributed by atoms with Crippen molar-refractivity contribution in [2.24, 2.45) is 0 Å². The fraction of sp³-hybridized carbons (Fsp3) is 1.00. The van der Waals surface area contributed by atoms with Crippen LogP contribution in [0.3, 0.4) is 0 Å². The molecule has 1 unspecified atom stereocenters. The Morgan fingerprint density at radius 1 is 1.35 bits per heavy atom. The quantitative estimate of drug-likeness (QED) is 0.698. The molecule has 0 bridgehead atoms. The predicted molar refractivity (Wildman–Crippen MR) is 68.9 cm³/mol. The largest absolute Gasteiger partial charge is 0.388 e. The van der Waals surface area contributed by atoms with Crippen LogP contribution in [0.2, 0.25) is 0 Å². The Balaban J connectivity index is 2.38. The molecule has 1 aliphatic rings.